The van der Waals surface area contributed by atoms with Gasteiger partial charge in [0.15, 0.2) is 17.3 Å². The number of rotatable bonds is 6. The van der Waals surface area contributed by atoms with Crippen molar-refractivity contribution in [3.63, 3.8) is 0 Å². The summed E-state index contributed by atoms with van der Waals surface area (Å²) in [6, 6.07) is 13.3. The van der Waals surface area contributed by atoms with Gasteiger partial charge in [-0.05, 0) is 48.9 Å². The van der Waals surface area contributed by atoms with Crippen LogP contribution in [-0.2, 0) is 0 Å². The maximum absolute atomic E-state index is 13.1. The van der Waals surface area contributed by atoms with Gasteiger partial charge in [-0.15, -0.1) is 0 Å². The Morgan fingerprint density at radius 2 is 1.88 bits per heavy atom. The van der Waals surface area contributed by atoms with Crippen LogP contribution in [0.3, 0.4) is 0 Å². The fourth-order valence-electron chi connectivity index (χ4n) is 3.62. The van der Waals surface area contributed by atoms with Crippen LogP contribution >= 0.6 is 0 Å². The Hall–Kier alpha value is -3.95. The zero-order valence-electron chi connectivity index (χ0n) is 18.0. The molecular formula is C23H23F2N5O3. The number of urea groups is 1. The predicted molar refractivity (Wildman–Crippen MR) is 121 cm³/mol. The number of hydrogen-bond donors (Lipinski definition) is 1. The number of carbonyl (C=O) groups excluding carboxylic acids is 1. The number of aromatic nitrogens is 2. The zero-order chi connectivity index (χ0) is 23.2. The van der Waals surface area contributed by atoms with E-state index in [0.29, 0.717) is 29.4 Å². The summed E-state index contributed by atoms with van der Waals surface area (Å²) < 4.78 is 35.2. The first kappa shape index (κ1) is 22.3. The van der Waals surface area contributed by atoms with Gasteiger partial charge in [0, 0.05) is 31.9 Å². The molecule has 0 fully saturated rings. The number of nitrogens with one attached hydrogen (secondary N) is 1. The highest BCUT2D eigenvalue weighted by atomic mass is 19.1. The quantitative estimate of drug-likeness (QED) is 0.584. The van der Waals surface area contributed by atoms with Crippen molar-refractivity contribution in [1.82, 2.24) is 9.97 Å². The van der Waals surface area contributed by atoms with Crippen LogP contribution in [0.25, 0.3) is 11.3 Å². The number of fused-ring (bicyclic) bond motifs is 1. The molecule has 0 radical (unpaired) electrons. The summed E-state index contributed by atoms with van der Waals surface area (Å²) in [5.74, 6) is 1.07. The van der Waals surface area contributed by atoms with Crippen molar-refractivity contribution >= 4 is 23.4 Å². The summed E-state index contributed by atoms with van der Waals surface area (Å²) >= 11 is 0. The maximum atomic E-state index is 13.1. The van der Waals surface area contributed by atoms with Crippen molar-refractivity contribution in [2.75, 3.05) is 49.0 Å². The molecule has 0 aliphatic carbocycles. The molecular weight excluding hydrogens is 432 g/mol. The third-order valence-corrected chi connectivity index (χ3v) is 5.20. The molecule has 3 heterocycles. The molecule has 3 aromatic rings. The van der Waals surface area contributed by atoms with Gasteiger partial charge in [-0.2, -0.15) is 0 Å². The smallest absolute Gasteiger partial charge is 0.328 e. The summed E-state index contributed by atoms with van der Waals surface area (Å²) in [6.07, 6.45) is 2.35. The summed E-state index contributed by atoms with van der Waals surface area (Å²) in [7, 11) is 1.94. The average molecular weight is 455 g/mol. The van der Waals surface area contributed by atoms with Crippen LogP contribution in [0.15, 0.2) is 54.7 Å². The second-order valence-electron chi connectivity index (χ2n) is 7.28. The van der Waals surface area contributed by atoms with Crippen LogP contribution < -0.4 is 24.6 Å². The van der Waals surface area contributed by atoms with E-state index in [9.17, 15) is 13.6 Å². The molecule has 1 aromatic carbocycles. The lowest BCUT2D eigenvalue weighted by atomic mass is 10.1. The van der Waals surface area contributed by atoms with Gasteiger partial charge in [-0.25, -0.2) is 23.5 Å². The van der Waals surface area contributed by atoms with Gasteiger partial charge in [0.25, 0.3) is 0 Å². The number of benzene rings is 1. The first-order valence-electron chi connectivity index (χ1n) is 10.3. The lowest BCUT2D eigenvalue weighted by Gasteiger charge is -2.24. The molecule has 4 rings (SSSR count). The SMILES string of the molecule is CN1CCCN(C(=O)Nc2ccccn2)c2nc(-c3ccc(OCF)c(OCF)c3)ccc21. The van der Waals surface area contributed by atoms with Crippen LogP contribution in [0.2, 0.25) is 0 Å². The second kappa shape index (κ2) is 10.1. The largest absolute Gasteiger partial charge is 0.459 e. The van der Waals surface area contributed by atoms with E-state index in [1.807, 2.05) is 18.0 Å². The van der Waals surface area contributed by atoms with Crippen LogP contribution in [-0.4, -0.2) is 49.9 Å². The number of nitrogens with zero attached hydrogens (tertiary/aromatic N) is 4. The number of carbonyl (C=O) groups is 1. The minimum atomic E-state index is -1.09. The van der Waals surface area contributed by atoms with Gasteiger partial charge >= 0.3 is 6.03 Å². The van der Waals surface area contributed by atoms with Crippen molar-refractivity contribution in [2.45, 2.75) is 6.42 Å². The highest BCUT2D eigenvalue weighted by Crippen LogP contribution is 2.36. The lowest BCUT2D eigenvalue weighted by Crippen LogP contribution is -2.36. The molecule has 0 atom stereocenters. The first-order chi connectivity index (χ1) is 16.1. The number of alkyl halides is 2. The molecule has 0 saturated carbocycles. The molecule has 1 aliphatic rings. The number of amides is 2. The molecule has 8 nitrogen and oxygen atoms in total. The van der Waals surface area contributed by atoms with Crippen LogP contribution in [0.4, 0.5) is 30.9 Å². The predicted octanol–water partition coefficient (Wildman–Crippen LogP) is 4.63. The minimum Gasteiger partial charge on any atom is -0.459 e. The highest BCUT2D eigenvalue weighted by Gasteiger charge is 2.26. The average Bonchev–Trinajstić information content (AvgIpc) is 2.99. The van der Waals surface area contributed by atoms with Gasteiger partial charge in [-0.3, -0.25) is 10.2 Å². The summed E-state index contributed by atoms with van der Waals surface area (Å²) in [5.41, 5.74) is 1.93. The Bertz CT molecular complexity index is 1120. The molecule has 33 heavy (non-hydrogen) atoms. The summed E-state index contributed by atoms with van der Waals surface area (Å²) in [4.78, 5) is 25.6. The number of halogens is 2. The summed E-state index contributed by atoms with van der Waals surface area (Å²) in [6.45, 7) is -0.932. The van der Waals surface area contributed by atoms with Crippen molar-refractivity contribution in [3.05, 3.63) is 54.7 Å². The summed E-state index contributed by atoms with van der Waals surface area (Å²) in [5, 5.41) is 2.81. The Morgan fingerprint density at radius 3 is 2.64 bits per heavy atom. The normalized spacial score (nSPS) is 13.2. The molecule has 10 heteroatoms. The molecule has 1 N–H and O–H groups in total. The van der Waals surface area contributed by atoms with Gasteiger partial charge in [0.1, 0.15) is 5.82 Å². The lowest BCUT2D eigenvalue weighted by molar-refractivity contribution is 0.158. The Kier molecular flexibility index (Phi) is 6.82. The van der Waals surface area contributed by atoms with Crippen molar-refractivity contribution in [2.24, 2.45) is 0 Å². The van der Waals surface area contributed by atoms with E-state index in [1.165, 1.54) is 12.1 Å². The molecule has 2 aromatic heterocycles. The number of pyridine rings is 2. The van der Waals surface area contributed by atoms with E-state index in [0.717, 1.165) is 18.7 Å². The van der Waals surface area contributed by atoms with E-state index < -0.39 is 13.7 Å². The van der Waals surface area contributed by atoms with Gasteiger partial charge in [-0.1, -0.05) is 6.07 Å². The van der Waals surface area contributed by atoms with E-state index in [1.54, 1.807) is 41.4 Å². The zero-order valence-corrected chi connectivity index (χ0v) is 18.0. The molecule has 1 aliphatic heterocycles. The molecule has 0 bridgehead atoms. The third kappa shape index (κ3) is 4.94. The second-order valence-corrected chi connectivity index (χ2v) is 7.28. The van der Waals surface area contributed by atoms with Crippen LogP contribution in [0.5, 0.6) is 11.5 Å². The monoisotopic (exact) mass is 455 g/mol. The molecule has 0 saturated heterocycles. The topological polar surface area (TPSA) is 79.8 Å². The number of ether oxygens (including phenoxy) is 2. The van der Waals surface area contributed by atoms with E-state index in [-0.39, 0.29) is 17.5 Å². The molecule has 2 amide bonds. The maximum Gasteiger partial charge on any atom is 0.328 e. The van der Waals surface area contributed by atoms with Gasteiger partial charge < -0.3 is 14.4 Å². The Morgan fingerprint density at radius 1 is 1.06 bits per heavy atom. The first-order valence-corrected chi connectivity index (χ1v) is 10.3. The highest BCUT2D eigenvalue weighted by molar-refractivity contribution is 6.03. The van der Waals surface area contributed by atoms with Gasteiger partial charge in [0.2, 0.25) is 13.7 Å². The Labute approximate surface area is 189 Å². The Balaban J connectivity index is 1.71. The van der Waals surface area contributed by atoms with Crippen molar-refractivity contribution < 1.29 is 23.0 Å². The number of anilines is 3. The van der Waals surface area contributed by atoms with Crippen molar-refractivity contribution in [3.8, 4) is 22.8 Å². The third-order valence-electron chi connectivity index (χ3n) is 5.20. The van der Waals surface area contributed by atoms with Crippen LogP contribution in [0, 0.1) is 0 Å². The molecule has 0 unspecified atom stereocenters. The fraction of sp³-hybridized carbons (Fsp3) is 0.261. The van der Waals surface area contributed by atoms with Crippen LogP contribution in [0.1, 0.15) is 6.42 Å². The fourth-order valence-corrected chi connectivity index (χ4v) is 3.62. The minimum absolute atomic E-state index is 0.0614. The standard InChI is InChI=1S/C23H23F2N5O3/c1-29-11-4-12-30(23(31)28-21-5-2-3-10-26-21)22-18(29)8-7-17(27-22)16-6-9-19(32-14-24)20(13-16)33-15-25/h2-3,5-10,13H,4,11-12,14-15H2,1H3,(H,26,28,31). The van der Waals surface area contributed by atoms with E-state index in [2.05, 4.69) is 10.3 Å². The van der Waals surface area contributed by atoms with Gasteiger partial charge in [0.05, 0.1) is 11.4 Å². The van der Waals surface area contributed by atoms with Crippen molar-refractivity contribution in [1.29, 1.82) is 0 Å². The van der Waals surface area contributed by atoms with E-state index in [4.69, 9.17) is 14.5 Å². The number of hydrogen-bond acceptors (Lipinski definition) is 6. The van der Waals surface area contributed by atoms with E-state index >= 15 is 0 Å². The molecule has 0 spiro atoms. The molecule has 172 valence electrons.